The molecule has 1 aromatic heterocycles. The van der Waals surface area contributed by atoms with Gasteiger partial charge in [0.1, 0.15) is 0 Å². The van der Waals surface area contributed by atoms with Gasteiger partial charge in [0.15, 0.2) is 5.78 Å². The molecule has 0 aliphatic rings. The Morgan fingerprint density at radius 1 is 1.56 bits per heavy atom. The van der Waals surface area contributed by atoms with Crippen LogP contribution in [0.5, 0.6) is 0 Å². The quantitative estimate of drug-likeness (QED) is 0.810. The first-order valence-corrected chi connectivity index (χ1v) is 7.29. The number of hydrogen-bond acceptors (Lipinski definition) is 4. The van der Waals surface area contributed by atoms with E-state index in [0.29, 0.717) is 13.1 Å². The van der Waals surface area contributed by atoms with Crippen LogP contribution in [0.25, 0.3) is 0 Å². The zero-order valence-corrected chi connectivity index (χ0v) is 13.1. The summed E-state index contributed by atoms with van der Waals surface area (Å²) in [6, 6.07) is 1.87. The maximum Gasteiger partial charge on any atom is 0.223 e. The summed E-state index contributed by atoms with van der Waals surface area (Å²) in [6.45, 7) is 2.73. The topological polar surface area (TPSA) is 49.4 Å². The number of thiophene rings is 1. The lowest BCUT2D eigenvalue weighted by atomic mass is 10.1. The molecule has 0 fully saturated rings. The molecule has 0 radical (unpaired) electrons. The van der Waals surface area contributed by atoms with Crippen LogP contribution in [-0.2, 0) is 4.79 Å². The van der Waals surface area contributed by atoms with Crippen molar-refractivity contribution in [2.24, 2.45) is 5.92 Å². The molecule has 0 spiro atoms. The fourth-order valence-corrected chi connectivity index (χ4v) is 3.20. The van der Waals surface area contributed by atoms with Crippen LogP contribution < -0.4 is 5.32 Å². The largest absolute Gasteiger partial charge is 0.359 e. The molecule has 0 aliphatic carbocycles. The number of nitrogens with zero attached hydrogens (tertiary/aromatic N) is 1. The van der Waals surface area contributed by atoms with Gasteiger partial charge in [0.25, 0.3) is 0 Å². The summed E-state index contributed by atoms with van der Waals surface area (Å²) in [4.78, 5) is 26.0. The number of amides is 1. The first-order chi connectivity index (χ1) is 8.45. The van der Waals surface area contributed by atoms with Crippen LogP contribution in [0.3, 0.4) is 0 Å². The van der Waals surface area contributed by atoms with Gasteiger partial charge in [-0.1, -0.05) is 6.92 Å². The Morgan fingerprint density at radius 2 is 2.22 bits per heavy atom. The van der Waals surface area contributed by atoms with E-state index in [1.807, 2.05) is 30.3 Å². The highest BCUT2D eigenvalue weighted by Gasteiger charge is 2.17. The van der Waals surface area contributed by atoms with Crippen molar-refractivity contribution < 1.29 is 9.59 Å². The van der Waals surface area contributed by atoms with Crippen LogP contribution in [-0.4, -0.2) is 43.8 Å². The molecule has 0 saturated heterocycles. The van der Waals surface area contributed by atoms with E-state index in [1.54, 1.807) is 7.05 Å². The lowest BCUT2D eigenvalue weighted by Crippen LogP contribution is -2.36. The second-order valence-electron chi connectivity index (χ2n) is 4.23. The molecule has 6 heteroatoms. The molecule has 1 amide bonds. The van der Waals surface area contributed by atoms with Gasteiger partial charge in [0.05, 0.1) is 11.4 Å². The second-order valence-corrected chi connectivity index (χ2v) is 6.00. The highest BCUT2D eigenvalue weighted by Crippen LogP contribution is 2.23. The van der Waals surface area contributed by atoms with Crippen LogP contribution in [0, 0.1) is 5.92 Å². The minimum atomic E-state index is -0.125. The van der Waals surface area contributed by atoms with Gasteiger partial charge in [-0.2, -0.15) is 0 Å². The van der Waals surface area contributed by atoms with E-state index in [4.69, 9.17) is 0 Å². The number of nitrogens with one attached hydrogen (secondary N) is 1. The second kappa shape index (κ2) is 7.01. The molecule has 1 atom stereocenters. The third kappa shape index (κ3) is 4.19. The Hall–Kier alpha value is -0.720. The van der Waals surface area contributed by atoms with Crippen LogP contribution in [0.4, 0.5) is 0 Å². The molecule has 1 aromatic rings. The van der Waals surface area contributed by atoms with Gasteiger partial charge < -0.3 is 5.32 Å². The van der Waals surface area contributed by atoms with Crippen molar-refractivity contribution >= 4 is 39.0 Å². The SMILES string of the molecule is CNC(=O)C(C)CN(C)CC(=O)c1sccc1Br. The number of ketones is 1. The summed E-state index contributed by atoms with van der Waals surface area (Å²) in [7, 11) is 3.46. The fourth-order valence-electron chi connectivity index (χ4n) is 1.67. The van der Waals surface area contributed by atoms with Crippen molar-refractivity contribution in [1.82, 2.24) is 10.2 Å². The van der Waals surface area contributed by atoms with Crippen LogP contribution >= 0.6 is 27.3 Å². The molecule has 0 bridgehead atoms. The van der Waals surface area contributed by atoms with Crippen molar-refractivity contribution in [3.05, 3.63) is 20.8 Å². The average Bonchev–Trinajstić information content (AvgIpc) is 2.74. The number of Topliss-reactive ketones (excluding diaryl/α,β-unsaturated/α-hetero) is 1. The first kappa shape index (κ1) is 15.3. The van der Waals surface area contributed by atoms with E-state index >= 15 is 0 Å². The van der Waals surface area contributed by atoms with Gasteiger partial charge in [-0.15, -0.1) is 11.3 Å². The number of rotatable bonds is 6. The number of carbonyl (C=O) groups excluding carboxylic acids is 2. The highest BCUT2D eigenvalue weighted by molar-refractivity contribution is 9.10. The maximum atomic E-state index is 12.0. The van der Waals surface area contributed by atoms with Crippen molar-refractivity contribution in [3.8, 4) is 0 Å². The Bertz CT molecular complexity index is 433. The highest BCUT2D eigenvalue weighted by atomic mass is 79.9. The lowest BCUT2D eigenvalue weighted by Gasteiger charge is -2.19. The molecular formula is C12H17BrN2O2S. The van der Waals surface area contributed by atoms with Gasteiger partial charge in [0.2, 0.25) is 5.91 Å². The maximum absolute atomic E-state index is 12.0. The van der Waals surface area contributed by atoms with Gasteiger partial charge in [-0.3, -0.25) is 14.5 Å². The zero-order chi connectivity index (χ0) is 13.7. The smallest absolute Gasteiger partial charge is 0.223 e. The molecule has 0 aliphatic heterocycles. The van der Waals surface area contributed by atoms with Gasteiger partial charge in [0, 0.05) is 24.0 Å². The predicted octanol–water partition coefficient (Wildman–Crippen LogP) is 2.01. The van der Waals surface area contributed by atoms with Gasteiger partial charge in [-0.25, -0.2) is 0 Å². The molecule has 1 heterocycles. The Balaban J connectivity index is 2.50. The molecular weight excluding hydrogens is 316 g/mol. The summed E-state index contributed by atoms with van der Waals surface area (Å²) in [5.74, 6) is -0.0605. The van der Waals surface area contributed by atoms with E-state index in [1.165, 1.54) is 11.3 Å². The molecule has 100 valence electrons. The standard InChI is InChI=1S/C12H17BrN2O2S/c1-8(12(17)14-2)6-15(3)7-10(16)11-9(13)4-5-18-11/h4-5,8H,6-7H2,1-3H3,(H,14,17). The van der Waals surface area contributed by atoms with Crippen LogP contribution in [0.2, 0.25) is 0 Å². The molecule has 0 aromatic carbocycles. The summed E-state index contributed by atoms with van der Waals surface area (Å²) < 4.78 is 0.838. The number of likely N-dealkylation sites (N-methyl/N-ethyl adjacent to an activating group) is 1. The molecule has 0 saturated carbocycles. The third-order valence-corrected chi connectivity index (χ3v) is 4.44. The third-order valence-electron chi connectivity index (χ3n) is 2.56. The Labute approximate surface area is 119 Å². The number of carbonyl (C=O) groups is 2. The van der Waals surface area contributed by atoms with Crippen molar-refractivity contribution in [1.29, 1.82) is 0 Å². The number of halogens is 1. The van der Waals surface area contributed by atoms with Crippen LogP contribution in [0.1, 0.15) is 16.6 Å². The molecule has 1 unspecified atom stereocenters. The Kier molecular flexibility index (Phi) is 5.98. The average molecular weight is 333 g/mol. The zero-order valence-electron chi connectivity index (χ0n) is 10.7. The lowest BCUT2D eigenvalue weighted by molar-refractivity contribution is -0.124. The monoisotopic (exact) mass is 332 g/mol. The van der Waals surface area contributed by atoms with Crippen LogP contribution in [0.15, 0.2) is 15.9 Å². The molecule has 1 rings (SSSR count). The van der Waals surface area contributed by atoms with E-state index in [0.717, 1.165) is 9.35 Å². The summed E-state index contributed by atoms with van der Waals surface area (Å²) in [6.07, 6.45) is 0. The van der Waals surface area contributed by atoms with E-state index in [9.17, 15) is 9.59 Å². The fraction of sp³-hybridized carbons (Fsp3) is 0.500. The molecule has 4 nitrogen and oxygen atoms in total. The number of hydrogen-bond donors (Lipinski definition) is 1. The van der Waals surface area contributed by atoms with Gasteiger partial charge in [-0.05, 0) is 34.4 Å². The van der Waals surface area contributed by atoms with Gasteiger partial charge >= 0.3 is 0 Å². The molecule has 1 N–H and O–H groups in total. The Morgan fingerprint density at radius 3 is 2.72 bits per heavy atom. The summed E-state index contributed by atoms with van der Waals surface area (Å²) in [5, 5.41) is 4.48. The van der Waals surface area contributed by atoms with E-state index < -0.39 is 0 Å². The predicted molar refractivity (Wildman–Crippen MR) is 77.1 cm³/mol. The summed E-state index contributed by atoms with van der Waals surface area (Å²) >= 11 is 4.78. The van der Waals surface area contributed by atoms with Crippen molar-refractivity contribution in [2.75, 3.05) is 27.2 Å². The van der Waals surface area contributed by atoms with Crippen molar-refractivity contribution in [3.63, 3.8) is 0 Å². The van der Waals surface area contributed by atoms with Crippen molar-refractivity contribution in [2.45, 2.75) is 6.92 Å². The molecule has 18 heavy (non-hydrogen) atoms. The van der Waals surface area contributed by atoms with E-state index in [-0.39, 0.29) is 17.6 Å². The minimum Gasteiger partial charge on any atom is -0.359 e. The minimum absolute atomic E-state index is 0.00777. The normalized spacial score (nSPS) is 12.5. The van der Waals surface area contributed by atoms with E-state index in [2.05, 4.69) is 21.2 Å². The summed E-state index contributed by atoms with van der Waals surface area (Å²) in [5.41, 5.74) is 0. The first-order valence-electron chi connectivity index (χ1n) is 5.62.